The summed E-state index contributed by atoms with van der Waals surface area (Å²) in [7, 11) is 0. The number of nitrogens with zero attached hydrogens (tertiary/aromatic N) is 6. The van der Waals surface area contributed by atoms with Gasteiger partial charge in [0.15, 0.2) is 5.65 Å². The fourth-order valence-electron chi connectivity index (χ4n) is 5.65. The van der Waals surface area contributed by atoms with Crippen molar-refractivity contribution in [3.63, 3.8) is 0 Å². The molecule has 1 atom stereocenters. The van der Waals surface area contributed by atoms with Crippen LogP contribution in [0.15, 0.2) is 36.7 Å². The lowest BCUT2D eigenvalue weighted by Gasteiger charge is -2.45. The highest BCUT2D eigenvalue weighted by Crippen LogP contribution is 2.39. The zero-order valence-corrected chi connectivity index (χ0v) is 20.4. The van der Waals surface area contributed by atoms with Crippen LogP contribution in [0.3, 0.4) is 0 Å². The molecule has 36 heavy (non-hydrogen) atoms. The highest BCUT2D eigenvalue weighted by Gasteiger charge is 2.35. The Labute approximate surface area is 208 Å². The van der Waals surface area contributed by atoms with Gasteiger partial charge in [0, 0.05) is 23.9 Å². The first kappa shape index (κ1) is 23.0. The van der Waals surface area contributed by atoms with Crippen LogP contribution in [0.1, 0.15) is 42.5 Å². The van der Waals surface area contributed by atoms with Crippen LogP contribution >= 0.6 is 0 Å². The third kappa shape index (κ3) is 4.11. The molecule has 3 saturated heterocycles. The van der Waals surface area contributed by atoms with Gasteiger partial charge in [-0.1, -0.05) is 12.1 Å². The van der Waals surface area contributed by atoms with Gasteiger partial charge in [0.1, 0.15) is 23.0 Å². The molecule has 9 heteroatoms. The summed E-state index contributed by atoms with van der Waals surface area (Å²) in [4.78, 5) is 20.1. The molecule has 1 aromatic carbocycles. The van der Waals surface area contributed by atoms with Crippen molar-refractivity contribution in [1.82, 2.24) is 29.4 Å². The quantitative estimate of drug-likeness (QED) is 0.389. The molecule has 0 N–H and O–H groups in total. The van der Waals surface area contributed by atoms with Gasteiger partial charge >= 0.3 is 6.01 Å². The SMILES string of the molecule is CCOc1nc(C)c2nc(-c3cncc(F)c3)n(Cc3ccc(C4CN5CCC4CC5)cc3F)c2n1. The lowest BCUT2D eigenvalue weighted by Crippen LogP contribution is -2.46. The van der Waals surface area contributed by atoms with Crippen LogP contribution in [0.5, 0.6) is 6.01 Å². The van der Waals surface area contributed by atoms with Gasteiger partial charge in [-0.2, -0.15) is 9.97 Å². The highest BCUT2D eigenvalue weighted by atomic mass is 19.1. The maximum atomic E-state index is 15.5. The molecule has 3 aromatic heterocycles. The van der Waals surface area contributed by atoms with Crippen molar-refractivity contribution in [1.29, 1.82) is 0 Å². The molecule has 7 rings (SSSR count). The average molecular weight is 491 g/mol. The normalized spacial score (nSPS) is 21.3. The summed E-state index contributed by atoms with van der Waals surface area (Å²) in [5, 5.41) is 0. The van der Waals surface area contributed by atoms with E-state index in [4.69, 9.17) is 9.72 Å². The maximum Gasteiger partial charge on any atom is 0.318 e. The van der Waals surface area contributed by atoms with E-state index in [0.29, 0.717) is 52.3 Å². The first-order valence-electron chi connectivity index (χ1n) is 12.5. The number of pyridine rings is 1. The van der Waals surface area contributed by atoms with E-state index in [2.05, 4.69) is 25.9 Å². The molecular weight excluding hydrogens is 462 g/mol. The van der Waals surface area contributed by atoms with E-state index >= 15 is 4.39 Å². The Morgan fingerprint density at radius 3 is 2.58 bits per heavy atom. The summed E-state index contributed by atoms with van der Waals surface area (Å²) >= 11 is 0. The molecule has 4 aromatic rings. The van der Waals surface area contributed by atoms with Crippen molar-refractivity contribution in [3.05, 3.63) is 65.1 Å². The molecule has 3 fully saturated rings. The lowest BCUT2D eigenvalue weighted by molar-refractivity contribution is 0.0870. The van der Waals surface area contributed by atoms with Gasteiger partial charge in [0.05, 0.1) is 25.0 Å². The van der Waals surface area contributed by atoms with Gasteiger partial charge in [0.25, 0.3) is 0 Å². The van der Waals surface area contributed by atoms with E-state index in [9.17, 15) is 4.39 Å². The Hall–Kier alpha value is -3.46. The van der Waals surface area contributed by atoms with Crippen LogP contribution in [-0.2, 0) is 6.54 Å². The fourth-order valence-corrected chi connectivity index (χ4v) is 5.65. The van der Waals surface area contributed by atoms with Gasteiger partial charge in [-0.15, -0.1) is 0 Å². The second kappa shape index (κ2) is 9.20. The summed E-state index contributed by atoms with van der Waals surface area (Å²) < 4.78 is 36.9. The van der Waals surface area contributed by atoms with Gasteiger partial charge in [-0.05, 0) is 69.3 Å². The molecule has 186 valence electrons. The van der Waals surface area contributed by atoms with E-state index < -0.39 is 5.82 Å². The number of piperidine rings is 3. The smallest absolute Gasteiger partial charge is 0.318 e. The Morgan fingerprint density at radius 1 is 1.06 bits per heavy atom. The predicted octanol–water partition coefficient (Wildman–Crippen LogP) is 4.73. The third-order valence-electron chi connectivity index (χ3n) is 7.47. The van der Waals surface area contributed by atoms with E-state index in [1.54, 1.807) is 16.8 Å². The molecule has 0 aliphatic carbocycles. The van der Waals surface area contributed by atoms with E-state index in [0.717, 1.165) is 31.4 Å². The number of aromatic nitrogens is 5. The number of hydrogen-bond donors (Lipinski definition) is 0. The third-order valence-corrected chi connectivity index (χ3v) is 7.47. The van der Waals surface area contributed by atoms with Crippen LogP contribution in [0.4, 0.5) is 8.78 Å². The van der Waals surface area contributed by atoms with Crippen LogP contribution in [0.25, 0.3) is 22.6 Å². The summed E-state index contributed by atoms with van der Waals surface area (Å²) in [6, 6.07) is 7.20. The van der Waals surface area contributed by atoms with E-state index in [1.807, 2.05) is 19.9 Å². The number of benzene rings is 1. The standard InChI is InChI=1S/C27H28F2N6O/c1-3-36-27-31-16(2)24-26(33-27)35(25(32-24)20-10-21(28)13-30-12-20)14-19-5-4-18(11-23(19)29)22-15-34-8-6-17(22)7-9-34/h4-5,10-13,17,22H,3,6-9,14-15H2,1-2H3. The number of hydrogen-bond acceptors (Lipinski definition) is 6. The minimum Gasteiger partial charge on any atom is -0.464 e. The van der Waals surface area contributed by atoms with Gasteiger partial charge < -0.3 is 14.2 Å². The number of imidazole rings is 1. The van der Waals surface area contributed by atoms with Crippen molar-refractivity contribution < 1.29 is 13.5 Å². The second-order valence-electron chi connectivity index (χ2n) is 9.71. The average Bonchev–Trinajstić information content (AvgIpc) is 3.25. The molecule has 0 radical (unpaired) electrons. The van der Waals surface area contributed by atoms with Crippen molar-refractivity contribution in [3.8, 4) is 17.4 Å². The number of halogens is 2. The van der Waals surface area contributed by atoms with Gasteiger partial charge in [-0.3, -0.25) is 4.98 Å². The Bertz CT molecular complexity index is 1430. The molecular formula is C27H28F2N6O. The van der Waals surface area contributed by atoms with E-state index in [-0.39, 0.29) is 18.4 Å². The van der Waals surface area contributed by atoms with Crippen molar-refractivity contribution in [2.24, 2.45) is 5.92 Å². The largest absolute Gasteiger partial charge is 0.464 e. The number of rotatable bonds is 6. The van der Waals surface area contributed by atoms with Crippen LogP contribution in [-0.4, -0.2) is 55.6 Å². The first-order chi connectivity index (χ1) is 17.5. The molecule has 0 amide bonds. The molecule has 0 spiro atoms. The second-order valence-corrected chi connectivity index (χ2v) is 9.71. The van der Waals surface area contributed by atoms with Gasteiger partial charge in [0.2, 0.25) is 0 Å². The van der Waals surface area contributed by atoms with Crippen molar-refractivity contribution >= 4 is 11.2 Å². The molecule has 3 aliphatic heterocycles. The zero-order chi connectivity index (χ0) is 24.8. The Kier molecular flexibility index (Phi) is 5.87. The maximum absolute atomic E-state index is 15.5. The summed E-state index contributed by atoms with van der Waals surface area (Å²) in [5.74, 6) is 0.718. The van der Waals surface area contributed by atoms with Crippen LogP contribution in [0.2, 0.25) is 0 Å². The topological polar surface area (TPSA) is 69.0 Å². The molecule has 0 saturated carbocycles. The summed E-state index contributed by atoms with van der Waals surface area (Å²) in [5.41, 5.74) is 3.75. The number of ether oxygens (including phenoxy) is 1. The summed E-state index contributed by atoms with van der Waals surface area (Å²) in [6.07, 6.45) is 5.05. The summed E-state index contributed by atoms with van der Waals surface area (Å²) in [6.45, 7) is 7.57. The molecule has 6 heterocycles. The Morgan fingerprint density at radius 2 is 1.89 bits per heavy atom. The number of fused-ring (bicyclic) bond motifs is 4. The van der Waals surface area contributed by atoms with Crippen LogP contribution < -0.4 is 4.74 Å². The van der Waals surface area contributed by atoms with E-state index in [1.165, 1.54) is 18.9 Å². The lowest BCUT2D eigenvalue weighted by atomic mass is 9.75. The fraction of sp³-hybridized carbons (Fsp3) is 0.407. The Balaban J connectivity index is 1.42. The van der Waals surface area contributed by atoms with Crippen LogP contribution in [0, 0.1) is 24.5 Å². The van der Waals surface area contributed by atoms with Gasteiger partial charge in [-0.25, -0.2) is 13.8 Å². The molecule has 7 nitrogen and oxygen atoms in total. The van der Waals surface area contributed by atoms with Crippen molar-refractivity contribution in [2.45, 2.75) is 39.2 Å². The highest BCUT2D eigenvalue weighted by molar-refractivity contribution is 5.79. The molecule has 3 aliphatic rings. The molecule has 1 unspecified atom stereocenters. The molecule has 2 bridgehead atoms. The predicted molar refractivity (Wildman–Crippen MR) is 132 cm³/mol. The monoisotopic (exact) mass is 490 g/mol. The van der Waals surface area contributed by atoms with Crippen molar-refractivity contribution in [2.75, 3.05) is 26.2 Å². The first-order valence-corrected chi connectivity index (χ1v) is 12.5. The minimum atomic E-state index is -0.475. The minimum absolute atomic E-state index is 0.177. The number of aryl methyl sites for hydroxylation is 1. The zero-order valence-electron chi connectivity index (χ0n) is 20.4.